The molecule has 3 aromatic rings. The third-order valence-corrected chi connectivity index (χ3v) is 6.85. The number of amides is 1. The van der Waals surface area contributed by atoms with E-state index in [-0.39, 0.29) is 36.0 Å². The minimum Gasteiger partial charge on any atom is -0.491 e. The number of aryl methyl sites for hydroxylation is 1. The molecule has 9 nitrogen and oxygen atoms in total. The second kappa shape index (κ2) is 11.4. The molecule has 1 aromatic heterocycles. The molecule has 4 rings (SSSR count). The van der Waals surface area contributed by atoms with E-state index in [1.807, 2.05) is 70.1 Å². The van der Waals surface area contributed by atoms with Crippen molar-refractivity contribution in [2.45, 2.75) is 51.2 Å². The van der Waals surface area contributed by atoms with E-state index in [0.717, 1.165) is 24.0 Å². The number of aromatic nitrogens is 2. The van der Waals surface area contributed by atoms with Gasteiger partial charge in [0.15, 0.2) is 5.82 Å². The fraction of sp³-hybridized carbons (Fsp3) is 0.414. The van der Waals surface area contributed by atoms with Gasteiger partial charge in [-0.2, -0.15) is 0 Å². The van der Waals surface area contributed by atoms with Gasteiger partial charge in [0.05, 0.1) is 23.9 Å². The Bertz CT molecular complexity index is 1350. The number of benzene rings is 2. The van der Waals surface area contributed by atoms with Crippen LogP contribution in [0.1, 0.15) is 48.2 Å². The van der Waals surface area contributed by atoms with Crippen LogP contribution >= 0.6 is 0 Å². The molecule has 0 spiro atoms. The SMILES string of the molecule is Cc1ccc(C(=O)NC2CC2)cc1-n1ccnc(NC(C)(C)c2ccccc2OC[C@@H](CO)N(C)C)c1=O. The van der Waals surface area contributed by atoms with Crippen molar-refractivity contribution in [1.29, 1.82) is 0 Å². The van der Waals surface area contributed by atoms with Gasteiger partial charge in [-0.1, -0.05) is 24.3 Å². The molecule has 1 saturated carbocycles. The average molecular weight is 520 g/mol. The summed E-state index contributed by atoms with van der Waals surface area (Å²) in [6.45, 7) is 6.11. The van der Waals surface area contributed by atoms with Crippen molar-refractivity contribution in [3.05, 3.63) is 81.9 Å². The van der Waals surface area contributed by atoms with Crippen molar-refractivity contribution in [3.63, 3.8) is 0 Å². The minimum absolute atomic E-state index is 0.0207. The molecule has 0 radical (unpaired) electrons. The zero-order valence-corrected chi connectivity index (χ0v) is 22.7. The summed E-state index contributed by atoms with van der Waals surface area (Å²) in [6.07, 6.45) is 5.19. The van der Waals surface area contributed by atoms with Crippen LogP contribution in [0.3, 0.4) is 0 Å². The Balaban J connectivity index is 1.61. The van der Waals surface area contributed by atoms with Crippen LogP contribution in [0.5, 0.6) is 5.75 Å². The molecule has 1 heterocycles. The molecule has 0 unspecified atom stereocenters. The Morgan fingerprint density at radius 2 is 1.97 bits per heavy atom. The summed E-state index contributed by atoms with van der Waals surface area (Å²) in [7, 11) is 3.79. The van der Waals surface area contributed by atoms with Gasteiger partial charge in [0.2, 0.25) is 0 Å². The van der Waals surface area contributed by atoms with Crippen molar-refractivity contribution in [2.24, 2.45) is 0 Å². The van der Waals surface area contributed by atoms with Crippen LogP contribution in [0.15, 0.2) is 59.7 Å². The highest BCUT2D eigenvalue weighted by Crippen LogP contribution is 2.32. The second-order valence-electron chi connectivity index (χ2n) is 10.6. The van der Waals surface area contributed by atoms with E-state index in [9.17, 15) is 14.7 Å². The predicted molar refractivity (Wildman–Crippen MR) is 148 cm³/mol. The lowest BCUT2D eigenvalue weighted by atomic mass is 9.93. The first-order valence-electron chi connectivity index (χ1n) is 12.9. The van der Waals surface area contributed by atoms with Crippen LogP contribution in [0.25, 0.3) is 5.69 Å². The highest BCUT2D eigenvalue weighted by Gasteiger charge is 2.27. The van der Waals surface area contributed by atoms with Crippen LogP contribution in [0, 0.1) is 6.92 Å². The van der Waals surface area contributed by atoms with E-state index in [4.69, 9.17) is 4.74 Å². The number of nitrogens with zero attached hydrogens (tertiary/aromatic N) is 3. The third-order valence-electron chi connectivity index (χ3n) is 6.85. The van der Waals surface area contributed by atoms with Gasteiger partial charge >= 0.3 is 0 Å². The number of aliphatic hydroxyl groups excluding tert-OH is 1. The number of carbonyl (C=O) groups excluding carboxylic acids is 1. The Hall–Kier alpha value is -3.69. The predicted octanol–water partition coefficient (Wildman–Crippen LogP) is 3.08. The van der Waals surface area contributed by atoms with Crippen molar-refractivity contribution < 1.29 is 14.6 Å². The molecule has 38 heavy (non-hydrogen) atoms. The molecule has 1 amide bonds. The number of carbonyl (C=O) groups is 1. The monoisotopic (exact) mass is 519 g/mol. The maximum atomic E-state index is 13.6. The van der Waals surface area contributed by atoms with E-state index in [1.165, 1.54) is 4.57 Å². The van der Waals surface area contributed by atoms with Crippen LogP contribution in [0.2, 0.25) is 0 Å². The number of aliphatic hydroxyl groups is 1. The summed E-state index contributed by atoms with van der Waals surface area (Å²) in [5, 5.41) is 16.0. The van der Waals surface area contributed by atoms with Crippen molar-refractivity contribution >= 4 is 11.7 Å². The quantitative estimate of drug-likeness (QED) is 0.357. The highest BCUT2D eigenvalue weighted by molar-refractivity contribution is 5.95. The van der Waals surface area contributed by atoms with Gasteiger partial charge in [0, 0.05) is 29.6 Å². The zero-order chi connectivity index (χ0) is 27.4. The highest BCUT2D eigenvalue weighted by atomic mass is 16.5. The van der Waals surface area contributed by atoms with Gasteiger partial charge in [0.25, 0.3) is 11.5 Å². The molecule has 2 aromatic carbocycles. The molecule has 202 valence electrons. The first kappa shape index (κ1) is 27.3. The van der Waals surface area contributed by atoms with Gasteiger partial charge in [-0.3, -0.25) is 14.2 Å². The topological polar surface area (TPSA) is 109 Å². The summed E-state index contributed by atoms with van der Waals surface area (Å²) < 4.78 is 7.61. The number of likely N-dealkylation sites (N-methyl/N-ethyl adjacent to an activating group) is 1. The lowest BCUT2D eigenvalue weighted by Crippen LogP contribution is -2.37. The largest absolute Gasteiger partial charge is 0.491 e. The van der Waals surface area contributed by atoms with E-state index in [0.29, 0.717) is 23.6 Å². The molecule has 1 fully saturated rings. The average Bonchev–Trinajstić information content (AvgIpc) is 3.70. The molecule has 1 aliphatic carbocycles. The Morgan fingerprint density at radius 3 is 2.66 bits per heavy atom. The number of ether oxygens (including phenoxy) is 1. The number of anilines is 1. The molecule has 3 N–H and O–H groups in total. The van der Waals surface area contributed by atoms with Gasteiger partial charge < -0.3 is 25.4 Å². The molecule has 9 heteroatoms. The van der Waals surface area contributed by atoms with Gasteiger partial charge in [0.1, 0.15) is 12.4 Å². The number of para-hydroxylation sites is 1. The summed E-state index contributed by atoms with van der Waals surface area (Å²) in [5.74, 6) is 0.706. The molecular weight excluding hydrogens is 482 g/mol. The molecule has 0 aliphatic heterocycles. The van der Waals surface area contributed by atoms with Crippen LogP contribution < -0.4 is 20.9 Å². The summed E-state index contributed by atoms with van der Waals surface area (Å²) in [5.41, 5.74) is 1.82. The molecule has 1 aliphatic rings. The first-order chi connectivity index (χ1) is 18.1. The zero-order valence-electron chi connectivity index (χ0n) is 22.7. The Kier molecular flexibility index (Phi) is 8.18. The fourth-order valence-electron chi connectivity index (χ4n) is 4.22. The Morgan fingerprint density at radius 1 is 1.24 bits per heavy atom. The van der Waals surface area contributed by atoms with Crippen LogP contribution in [-0.4, -0.2) is 64.9 Å². The van der Waals surface area contributed by atoms with Gasteiger partial charge in [-0.15, -0.1) is 0 Å². The normalized spacial score (nSPS) is 14.3. The third kappa shape index (κ3) is 6.23. The van der Waals surface area contributed by atoms with Gasteiger partial charge in [-0.05, 0) is 71.5 Å². The second-order valence-corrected chi connectivity index (χ2v) is 10.6. The first-order valence-corrected chi connectivity index (χ1v) is 12.9. The smallest absolute Gasteiger partial charge is 0.297 e. The van der Waals surface area contributed by atoms with Crippen molar-refractivity contribution in [3.8, 4) is 11.4 Å². The Labute approximate surface area is 223 Å². The molecule has 0 saturated heterocycles. The van der Waals surface area contributed by atoms with E-state index in [2.05, 4.69) is 15.6 Å². The lowest BCUT2D eigenvalue weighted by molar-refractivity contribution is 0.0951. The molecule has 0 bridgehead atoms. The van der Waals surface area contributed by atoms with Gasteiger partial charge in [-0.25, -0.2) is 4.98 Å². The standard InChI is InChI=1S/C29H37N5O4/c1-19-10-11-20(27(36)31-21-12-13-21)16-24(19)34-15-14-30-26(28(34)37)32-29(2,3)23-8-6-7-9-25(23)38-18-22(17-35)33(4)5/h6-11,14-16,21-22,35H,12-13,17-18H2,1-5H3,(H,30,32)(H,31,36)/t22-/m1/s1. The fourth-order valence-corrected chi connectivity index (χ4v) is 4.22. The summed E-state index contributed by atoms with van der Waals surface area (Å²) in [6, 6.07) is 13.1. The van der Waals surface area contributed by atoms with Crippen molar-refractivity contribution in [2.75, 3.05) is 32.6 Å². The van der Waals surface area contributed by atoms with Crippen molar-refractivity contribution in [1.82, 2.24) is 19.8 Å². The number of nitrogens with one attached hydrogen (secondary N) is 2. The molecule has 1 atom stereocenters. The summed E-state index contributed by atoms with van der Waals surface area (Å²) in [4.78, 5) is 32.5. The number of hydrogen-bond donors (Lipinski definition) is 3. The maximum absolute atomic E-state index is 13.6. The van der Waals surface area contributed by atoms with Crippen LogP contribution in [-0.2, 0) is 5.54 Å². The van der Waals surface area contributed by atoms with E-state index < -0.39 is 5.54 Å². The van der Waals surface area contributed by atoms with Crippen LogP contribution in [0.4, 0.5) is 5.82 Å². The number of rotatable bonds is 11. The minimum atomic E-state index is -0.712. The maximum Gasteiger partial charge on any atom is 0.297 e. The summed E-state index contributed by atoms with van der Waals surface area (Å²) >= 11 is 0. The molecular formula is C29H37N5O4. The lowest BCUT2D eigenvalue weighted by Gasteiger charge is -2.30. The van der Waals surface area contributed by atoms with E-state index in [1.54, 1.807) is 24.5 Å². The number of hydrogen-bond acceptors (Lipinski definition) is 7. The van der Waals surface area contributed by atoms with E-state index >= 15 is 0 Å².